The molecule has 0 aromatic carbocycles. The summed E-state index contributed by atoms with van der Waals surface area (Å²) in [5.74, 6) is -1.10. The fraction of sp³-hybridized carbons (Fsp3) is 0.545. The third kappa shape index (κ3) is 66.9. The number of ether oxygens (including phenoxy) is 3. The number of carbonyl (C=O) groups excluding carboxylic acids is 3. The molecule has 0 aromatic heterocycles. The quantitative estimate of drug-likeness (QED) is 0.0261. The second-order valence-electron chi connectivity index (χ2n) is 20.9. The Morgan fingerprint density at radius 1 is 0.253 bits per heavy atom. The second-order valence-corrected chi connectivity index (χ2v) is 20.9. The smallest absolute Gasteiger partial charge is 0.306 e. The van der Waals surface area contributed by atoms with Crippen molar-refractivity contribution in [3.05, 3.63) is 194 Å². The molecule has 0 spiro atoms. The zero-order valence-corrected chi connectivity index (χ0v) is 52.9. The van der Waals surface area contributed by atoms with Crippen molar-refractivity contribution in [1.29, 1.82) is 0 Å². The van der Waals surface area contributed by atoms with E-state index in [2.05, 4.69) is 203 Å². The van der Waals surface area contributed by atoms with E-state index in [-0.39, 0.29) is 38.0 Å². The molecule has 83 heavy (non-hydrogen) atoms. The highest BCUT2D eigenvalue weighted by Gasteiger charge is 2.19. The predicted molar refractivity (Wildman–Crippen MR) is 361 cm³/mol. The standard InChI is InChI=1S/C77H118O6/c1-4-7-10-13-16-19-22-25-28-31-33-34-35-36-37-38-39-40-41-42-44-46-49-52-55-58-61-64-67-70-76(79)82-73-74(72-81-75(78)69-66-63-60-57-54-51-48-45-30-27-24-21-18-15-12-9-6-3)83-77(80)71-68-65-62-59-56-53-50-47-43-32-29-26-23-20-17-14-11-8-5-2/h7-8,10-11,16-17,19-20,25-30,33-34,36-37,39-40,42-44,47,49,52-53,56,58,61-62,65,74H,4-6,9,12-15,18,21-24,31-32,35,38,41,45-46,48,50-51,54-55,57,59-60,63-64,66-73H2,1-3H3/b10-7-,11-8-,19-16-,20-17-,28-25-,29-26-,30-27-,34-33-,37-36-,40-39-,44-42-,47-43-,52-49-,56-53-,61-58-,65-62-. The van der Waals surface area contributed by atoms with Gasteiger partial charge in [0.25, 0.3) is 0 Å². The fourth-order valence-corrected chi connectivity index (χ4v) is 8.23. The first kappa shape index (κ1) is 77.2. The van der Waals surface area contributed by atoms with E-state index in [0.717, 1.165) is 122 Å². The van der Waals surface area contributed by atoms with Crippen LogP contribution >= 0.6 is 0 Å². The minimum atomic E-state index is -0.857. The Bertz CT molecular complexity index is 1990. The molecule has 6 nitrogen and oxygen atoms in total. The van der Waals surface area contributed by atoms with Crippen LogP contribution in [0.15, 0.2) is 194 Å². The molecular weight excluding hydrogens is 1020 g/mol. The van der Waals surface area contributed by atoms with E-state index in [4.69, 9.17) is 14.2 Å². The maximum absolute atomic E-state index is 12.9. The van der Waals surface area contributed by atoms with Crippen molar-refractivity contribution in [3.8, 4) is 0 Å². The monoisotopic (exact) mass is 1140 g/mol. The van der Waals surface area contributed by atoms with E-state index in [1.807, 2.05) is 12.2 Å². The highest BCUT2D eigenvalue weighted by atomic mass is 16.6. The van der Waals surface area contributed by atoms with E-state index in [0.29, 0.717) is 19.3 Å². The van der Waals surface area contributed by atoms with Crippen molar-refractivity contribution in [2.75, 3.05) is 13.2 Å². The van der Waals surface area contributed by atoms with Crippen LogP contribution in [-0.2, 0) is 28.6 Å². The third-order valence-corrected chi connectivity index (χ3v) is 13.1. The Kier molecular flexibility index (Phi) is 64.0. The van der Waals surface area contributed by atoms with Gasteiger partial charge in [0.05, 0.1) is 0 Å². The van der Waals surface area contributed by atoms with Crippen molar-refractivity contribution in [2.45, 2.75) is 258 Å². The number of unbranched alkanes of at least 4 members (excludes halogenated alkanes) is 14. The van der Waals surface area contributed by atoms with Crippen LogP contribution in [-0.4, -0.2) is 37.2 Å². The van der Waals surface area contributed by atoms with Gasteiger partial charge in [0.15, 0.2) is 6.10 Å². The average Bonchev–Trinajstić information content (AvgIpc) is 3.49. The minimum Gasteiger partial charge on any atom is -0.462 e. The molecule has 0 aromatic rings. The molecule has 0 aliphatic rings. The molecule has 0 saturated carbocycles. The van der Waals surface area contributed by atoms with Crippen LogP contribution < -0.4 is 0 Å². The Morgan fingerprint density at radius 2 is 0.506 bits per heavy atom. The first-order valence-electron chi connectivity index (χ1n) is 32.9. The summed E-state index contributed by atoms with van der Waals surface area (Å²) in [5.41, 5.74) is 0. The minimum absolute atomic E-state index is 0.138. The lowest BCUT2D eigenvalue weighted by molar-refractivity contribution is -0.166. The van der Waals surface area contributed by atoms with Crippen molar-refractivity contribution in [3.63, 3.8) is 0 Å². The molecule has 0 amide bonds. The summed E-state index contributed by atoms with van der Waals surface area (Å²) in [7, 11) is 0. The van der Waals surface area contributed by atoms with Crippen molar-refractivity contribution < 1.29 is 28.6 Å². The van der Waals surface area contributed by atoms with Crippen LogP contribution in [0, 0.1) is 0 Å². The number of hydrogen-bond donors (Lipinski definition) is 0. The summed E-state index contributed by atoms with van der Waals surface area (Å²) in [4.78, 5) is 38.3. The first-order valence-corrected chi connectivity index (χ1v) is 32.9. The van der Waals surface area contributed by atoms with Crippen LogP contribution in [0.4, 0.5) is 0 Å². The van der Waals surface area contributed by atoms with Gasteiger partial charge >= 0.3 is 17.9 Å². The van der Waals surface area contributed by atoms with Crippen LogP contribution in [0.1, 0.15) is 252 Å². The molecule has 0 heterocycles. The molecule has 1 unspecified atom stereocenters. The molecule has 0 bridgehead atoms. The summed E-state index contributed by atoms with van der Waals surface area (Å²) in [6.07, 6.45) is 105. The van der Waals surface area contributed by atoms with Gasteiger partial charge in [-0.05, 0) is 148 Å². The lowest BCUT2D eigenvalue weighted by Crippen LogP contribution is -2.30. The molecule has 0 rings (SSSR count). The lowest BCUT2D eigenvalue weighted by Gasteiger charge is -2.18. The fourth-order valence-electron chi connectivity index (χ4n) is 8.23. The summed E-state index contributed by atoms with van der Waals surface area (Å²) in [5, 5.41) is 0. The summed E-state index contributed by atoms with van der Waals surface area (Å²) < 4.78 is 16.8. The first-order chi connectivity index (χ1) is 41.0. The Hall–Kier alpha value is -5.75. The molecule has 0 N–H and O–H groups in total. The molecule has 6 heteroatoms. The molecular formula is C77H118O6. The zero-order chi connectivity index (χ0) is 59.9. The van der Waals surface area contributed by atoms with Gasteiger partial charge in [-0.15, -0.1) is 0 Å². The number of rotatable bonds is 57. The van der Waals surface area contributed by atoms with Gasteiger partial charge in [0.2, 0.25) is 0 Å². The highest BCUT2D eigenvalue weighted by molar-refractivity contribution is 5.71. The van der Waals surface area contributed by atoms with Crippen LogP contribution in [0.2, 0.25) is 0 Å². The van der Waals surface area contributed by atoms with Crippen molar-refractivity contribution in [1.82, 2.24) is 0 Å². The molecule has 0 aliphatic carbocycles. The van der Waals surface area contributed by atoms with Gasteiger partial charge < -0.3 is 14.2 Å². The average molecular weight is 1140 g/mol. The molecule has 0 saturated heterocycles. The summed E-state index contributed by atoms with van der Waals surface area (Å²) >= 11 is 0. The maximum Gasteiger partial charge on any atom is 0.306 e. The van der Waals surface area contributed by atoms with Crippen molar-refractivity contribution >= 4 is 17.9 Å². The Balaban J connectivity index is 4.60. The number of esters is 3. The molecule has 0 fully saturated rings. The normalized spacial score (nSPS) is 13.4. The third-order valence-electron chi connectivity index (χ3n) is 13.1. The molecule has 0 radical (unpaired) electrons. The number of hydrogen-bond acceptors (Lipinski definition) is 6. The number of carbonyl (C=O) groups is 3. The molecule has 1 atom stereocenters. The van der Waals surface area contributed by atoms with E-state index in [1.165, 1.54) is 77.0 Å². The SMILES string of the molecule is CC/C=C\C/C=C\C/C=C\C/C=C\C/C=C\C/C=C\C/C=C\C/C=C\C/C=C\CCCC(=O)OCC(COC(=O)CCCCCCCCC/C=C\CCCCCCCC)OC(=O)CC/C=C\C/C=C\C/C=C\C/C=C\C/C=C\C/C=C\CC. The van der Waals surface area contributed by atoms with Crippen LogP contribution in [0.25, 0.3) is 0 Å². The van der Waals surface area contributed by atoms with Gasteiger partial charge in [0.1, 0.15) is 13.2 Å². The van der Waals surface area contributed by atoms with E-state index in [9.17, 15) is 14.4 Å². The topological polar surface area (TPSA) is 78.9 Å². The van der Waals surface area contributed by atoms with E-state index < -0.39 is 12.1 Å². The van der Waals surface area contributed by atoms with E-state index >= 15 is 0 Å². The highest BCUT2D eigenvalue weighted by Crippen LogP contribution is 2.13. The Morgan fingerprint density at radius 3 is 0.843 bits per heavy atom. The van der Waals surface area contributed by atoms with Crippen molar-refractivity contribution in [2.24, 2.45) is 0 Å². The second kappa shape index (κ2) is 68.7. The summed E-state index contributed by atoms with van der Waals surface area (Å²) in [6.45, 7) is 6.28. The van der Waals surface area contributed by atoms with Gasteiger partial charge in [0, 0.05) is 19.3 Å². The number of allylic oxidation sites excluding steroid dienone is 32. The summed E-state index contributed by atoms with van der Waals surface area (Å²) in [6, 6.07) is 0. The van der Waals surface area contributed by atoms with Crippen LogP contribution in [0.3, 0.4) is 0 Å². The zero-order valence-electron chi connectivity index (χ0n) is 52.9. The van der Waals surface area contributed by atoms with Gasteiger partial charge in [-0.2, -0.15) is 0 Å². The largest absolute Gasteiger partial charge is 0.462 e. The molecule has 462 valence electrons. The van der Waals surface area contributed by atoms with Gasteiger partial charge in [-0.25, -0.2) is 0 Å². The maximum atomic E-state index is 12.9. The van der Waals surface area contributed by atoms with Gasteiger partial charge in [-0.1, -0.05) is 279 Å². The Labute approximate surface area is 509 Å². The van der Waals surface area contributed by atoms with Crippen LogP contribution in [0.5, 0.6) is 0 Å². The van der Waals surface area contributed by atoms with Gasteiger partial charge in [-0.3, -0.25) is 14.4 Å². The predicted octanol–water partition coefficient (Wildman–Crippen LogP) is 23.0. The molecule has 0 aliphatic heterocycles. The lowest BCUT2D eigenvalue weighted by atomic mass is 10.1. The van der Waals surface area contributed by atoms with E-state index in [1.54, 1.807) is 0 Å².